The summed E-state index contributed by atoms with van der Waals surface area (Å²) >= 11 is 0. The first kappa shape index (κ1) is 29.0. The number of hydrogen-bond acceptors (Lipinski definition) is 6. The van der Waals surface area contributed by atoms with Crippen LogP contribution in [0.5, 0.6) is 5.75 Å². The van der Waals surface area contributed by atoms with Crippen LogP contribution in [0.1, 0.15) is 43.6 Å². The number of nitrogens with zero attached hydrogens (tertiary/aromatic N) is 4. The molecule has 11 heteroatoms. The van der Waals surface area contributed by atoms with E-state index in [-0.39, 0.29) is 54.8 Å². The molecule has 0 unspecified atom stereocenters. The number of phenolic OH excluding ortho intramolecular Hbond substituents is 1. The fourth-order valence-electron chi connectivity index (χ4n) is 5.81. The molecule has 1 aliphatic heterocycles. The number of benzene rings is 2. The zero-order chi connectivity index (χ0) is 30.5. The quantitative estimate of drug-likeness (QED) is 0.301. The molecule has 4 N–H and O–H groups in total. The van der Waals surface area contributed by atoms with Crippen LogP contribution in [-0.2, 0) is 6.54 Å². The van der Waals surface area contributed by atoms with Gasteiger partial charge in [0.1, 0.15) is 17.4 Å². The Hall–Kier alpha value is -4.51. The number of amides is 1. The van der Waals surface area contributed by atoms with E-state index < -0.39 is 29.0 Å². The Morgan fingerprint density at radius 1 is 1.14 bits per heavy atom. The van der Waals surface area contributed by atoms with Gasteiger partial charge < -0.3 is 25.7 Å². The molecule has 1 saturated heterocycles. The average Bonchev–Trinajstić information content (AvgIpc) is 2.93. The van der Waals surface area contributed by atoms with Gasteiger partial charge in [0, 0.05) is 49.2 Å². The summed E-state index contributed by atoms with van der Waals surface area (Å²) in [5.74, 6) is -2.15. The summed E-state index contributed by atoms with van der Waals surface area (Å²) < 4.78 is 32.3. The minimum Gasteiger partial charge on any atom is -0.507 e. The van der Waals surface area contributed by atoms with Gasteiger partial charge in [-0.2, -0.15) is 0 Å². The van der Waals surface area contributed by atoms with Crippen molar-refractivity contribution in [3.8, 4) is 22.6 Å². The van der Waals surface area contributed by atoms with Crippen molar-refractivity contribution in [2.75, 3.05) is 24.5 Å². The van der Waals surface area contributed by atoms with Crippen molar-refractivity contribution >= 4 is 22.7 Å². The fourth-order valence-corrected chi connectivity index (χ4v) is 5.81. The maximum absolute atomic E-state index is 15.9. The molecule has 1 aliphatic rings. The number of hydrogen-bond donors (Lipinski definition) is 3. The van der Waals surface area contributed by atoms with Gasteiger partial charge in [-0.3, -0.25) is 14.3 Å². The lowest BCUT2D eigenvalue weighted by atomic mass is 9.98. The zero-order valence-corrected chi connectivity index (χ0v) is 23.9. The molecule has 0 spiro atoms. The Kier molecular flexibility index (Phi) is 7.63. The van der Waals surface area contributed by atoms with Gasteiger partial charge in [-0.15, -0.1) is 0 Å². The maximum atomic E-state index is 15.9. The van der Waals surface area contributed by atoms with Crippen molar-refractivity contribution in [2.24, 2.45) is 5.73 Å². The molecule has 220 valence electrons. The molecule has 5 rings (SSSR count). The number of rotatable bonds is 5. The SMILES string of the molecule is Cc1cc(CN)nc(C(C)C)c1-n1c(=O)cc(N2CCN(C(=O)O)[C@H](C)C2)c2cc(F)c(-c3c(O)cccc3F)cc21. The van der Waals surface area contributed by atoms with Crippen molar-refractivity contribution in [2.45, 2.75) is 46.2 Å². The largest absolute Gasteiger partial charge is 0.507 e. The standard InChI is InChI=1S/C31H33F2N5O4/c1-16(2)29-30(17(3)10-19(14-34)35-29)38-25-12-20(28-22(32)6-5-7-26(28)39)23(33)11-21(25)24(13-27(38)40)36-8-9-37(31(41)42)18(4)15-36/h5-7,10-13,16,18,39H,8-9,14-15,34H2,1-4H3,(H,41,42)/t18-/m1/s1. The molecular formula is C31H33F2N5O4. The van der Waals surface area contributed by atoms with E-state index in [2.05, 4.69) is 0 Å². The van der Waals surface area contributed by atoms with Gasteiger partial charge in [0.15, 0.2) is 0 Å². The van der Waals surface area contributed by atoms with Gasteiger partial charge in [0.25, 0.3) is 5.56 Å². The van der Waals surface area contributed by atoms with Crippen molar-refractivity contribution < 1.29 is 23.8 Å². The first-order chi connectivity index (χ1) is 19.9. The van der Waals surface area contributed by atoms with E-state index >= 15 is 4.39 Å². The highest BCUT2D eigenvalue weighted by Gasteiger charge is 2.30. The number of anilines is 1. The third kappa shape index (κ3) is 4.94. The highest BCUT2D eigenvalue weighted by Crippen LogP contribution is 2.39. The molecule has 1 fully saturated rings. The van der Waals surface area contributed by atoms with E-state index in [9.17, 15) is 24.2 Å². The molecule has 0 aliphatic carbocycles. The monoisotopic (exact) mass is 577 g/mol. The number of halogens is 2. The number of nitrogens with two attached hydrogens (primary N) is 1. The first-order valence-electron chi connectivity index (χ1n) is 13.7. The fraction of sp³-hybridized carbons (Fsp3) is 0.323. The second-order valence-corrected chi connectivity index (χ2v) is 11.0. The second-order valence-electron chi connectivity index (χ2n) is 11.0. The van der Waals surface area contributed by atoms with Crippen LogP contribution >= 0.6 is 0 Å². The van der Waals surface area contributed by atoms with Gasteiger partial charge in [0.2, 0.25) is 0 Å². The van der Waals surface area contributed by atoms with Crippen LogP contribution in [-0.4, -0.2) is 56.4 Å². The molecule has 2 aromatic carbocycles. The summed E-state index contributed by atoms with van der Waals surface area (Å²) in [5.41, 5.74) is 8.19. The topological polar surface area (TPSA) is 125 Å². The van der Waals surface area contributed by atoms with Crippen LogP contribution in [0.25, 0.3) is 27.7 Å². The number of phenols is 1. The molecular weight excluding hydrogens is 544 g/mol. The molecule has 2 aromatic heterocycles. The highest BCUT2D eigenvalue weighted by atomic mass is 19.1. The van der Waals surface area contributed by atoms with Gasteiger partial charge in [-0.05, 0) is 55.7 Å². The molecule has 0 radical (unpaired) electrons. The second kappa shape index (κ2) is 11.1. The van der Waals surface area contributed by atoms with Crippen molar-refractivity contribution in [1.29, 1.82) is 0 Å². The number of piperazine rings is 1. The molecule has 4 aromatic rings. The Bertz CT molecular complexity index is 1750. The van der Waals surface area contributed by atoms with Gasteiger partial charge in [-0.25, -0.2) is 13.6 Å². The van der Waals surface area contributed by atoms with Crippen LogP contribution in [0.3, 0.4) is 0 Å². The van der Waals surface area contributed by atoms with Crippen LogP contribution in [0.15, 0.2) is 47.3 Å². The van der Waals surface area contributed by atoms with Crippen molar-refractivity contribution in [3.05, 3.63) is 81.4 Å². The molecule has 1 atom stereocenters. The third-order valence-corrected chi connectivity index (χ3v) is 7.80. The molecule has 3 heterocycles. The Balaban J connectivity index is 1.86. The Morgan fingerprint density at radius 3 is 2.50 bits per heavy atom. The number of aryl methyl sites for hydroxylation is 1. The summed E-state index contributed by atoms with van der Waals surface area (Å²) in [4.78, 5) is 33.6. The minimum atomic E-state index is -1.03. The summed E-state index contributed by atoms with van der Waals surface area (Å²) in [5, 5.41) is 20.4. The first-order valence-corrected chi connectivity index (χ1v) is 13.7. The number of fused-ring (bicyclic) bond motifs is 1. The predicted octanol–water partition coefficient (Wildman–Crippen LogP) is 5.12. The lowest BCUT2D eigenvalue weighted by Gasteiger charge is -2.40. The molecule has 1 amide bonds. The van der Waals surface area contributed by atoms with Gasteiger partial charge in [0.05, 0.1) is 33.8 Å². The van der Waals surface area contributed by atoms with E-state index in [0.29, 0.717) is 28.1 Å². The zero-order valence-electron chi connectivity index (χ0n) is 23.9. The average molecular weight is 578 g/mol. The van der Waals surface area contributed by atoms with Crippen molar-refractivity contribution in [1.82, 2.24) is 14.5 Å². The van der Waals surface area contributed by atoms with E-state index in [0.717, 1.165) is 11.6 Å². The number of pyridine rings is 2. The van der Waals surface area contributed by atoms with E-state index in [1.165, 1.54) is 39.8 Å². The minimum absolute atomic E-state index is 0.104. The van der Waals surface area contributed by atoms with E-state index in [1.807, 2.05) is 25.7 Å². The van der Waals surface area contributed by atoms with Gasteiger partial charge in [-0.1, -0.05) is 19.9 Å². The summed E-state index contributed by atoms with van der Waals surface area (Å²) in [7, 11) is 0. The Morgan fingerprint density at radius 2 is 1.88 bits per heavy atom. The molecule has 0 saturated carbocycles. The predicted molar refractivity (Wildman–Crippen MR) is 157 cm³/mol. The van der Waals surface area contributed by atoms with Gasteiger partial charge >= 0.3 is 6.09 Å². The van der Waals surface area contributed by atoms with E-state index in [4.69, 9.17) is 10.7 Å². The summed E-state index contributed by atoms with van der Waals surface area (Å²) in [6.45, 7) is 8.48. The Labute approximate surface area is 241 Å². The summed E-state index contributed by atoms with van der Waals surface area (Å²) in [6.07, 6.45) is -1.03. The molecule has 42 heavy (non-hydrogen) atoms. The number of carbonyl (C=O) groups is 1. The highest BCUT2D eigenvalue weighted by molar-refractivity contribution is 5.96. The maximum Gasteiger partial charge on any atom is 0.407 e. The normalized spacial score (nSPS) is 15.6. The molecule has 0 bridgehead atoms. The van der Waals surface area contributed by atoms with Crippen LogP contribution in [0, 0.1) is 18.6 Å². The lowest BCUT2D eigenvalue weighted by molar-refractivity contribution is 0.123. The third-order valence-electron chi connectivity index (χ3n) is 7.80. The number of carboxylic acid groups (broad SMARTS) is 1. The lowest BCUT2D eigenvalue weighted by Crippen LogP contribution is -2.54. The van der Waals surface area contributed by atoms with Crippen molar-refractivity contribution in [3.63, 3.8) is 0 Å². The summed E-state index contributed by atoms with van der Waals surface area (Å²) in [6, 6.07) is 9.18. The van der Waals surface area contributed by atoms with Crippen LogP contribution in [0.2, 0.25) is 0 Å². The smallest absolute Gasteiger partial charge is 0.407 e. The molecule has 9 nitrogen and oxygen atoms in total. The van der Waals surface area contributed by atoms with Crippen LogP contribution in [0.4, 0.5) is 19.3 Å². The number of aromatic nitrogens is 2. The van der Waals surface area contributed by atoms with Crippen LogP contribution < -0.4 is 16.2 Å². The number of aromatic hydroxyl groups is 1. The van der Waals surface area contributed by atoms with E-state index in [1.54, 1.807) is 13.0 Å².